The number of fused-ring (bicyclic) bond motifs is 5. The second-order valence-corrected chi connectivity index (χ2v) is 12.7. The molecule has 4 aliphatic rings. The summed E-state index contributed by atoms with van der Waals surface area (Å²) in [5.74, 6) is -4.18. The van der Waals surface area contributed by atoms with Gasteiger partial charge in [-0.05, 0) is 41.3 Å². The molecule has 0 amide bonds. The molecule has 2 aromatic carbocycles. The van der Waals surface area contributed by atoms with E-state index in [1.807, 2.05) is 56.3 Å². The highest BCUT2D eigenvalue weighted by Crippen LogP contribution is 2.75. The first-order valence-electron chi connectivity index (χ1n) is 13.9. The summed E-state index contributed by atoms with van der Waals surface area (Å²) < 4.78 is 6.06. The molecule has 8 atom stereocenters. The molecule has 0 radical (unpaired) electrons. The number of benzene rings is 2. The lowest BCUT2D eigenvalue weighted by molar-refractivity contribution is -0.209. The van der Waals surface area contributed by atoms with Gasteiger partial charge in [0.15, 0.2) is 5.78 Å². The molecule has 40 heavy (non-hydrogen) atoms. The van der Waals surface area contributed by atoms with Crippen LogP contribution in [-0.4, -0.2) is 61.7 Å². The van der Waals surface area contributed by atoms with Crippen LogP contribution in [-0.2, 0) is 9.53 Å². The fourth-order valence-electron chi connectivity index (χ4n) is 8.22. The molecule has 2 saturated carbocycles. The van der Waals surface area contributed by atoms with Crippen molar-refractivity contribution in [3.05, 3.63) is 83.5 Å². The normalized spacial score (nSPS) is 39.2. The standard InChI is InChI=1S/C33H36O7/c1-18-14-25-31(37,27(18)35)16-20(17-34)15-24-26-30(3,4)33(26,39)28(19(2)32(24,25)38)40-29(36)23-12-10-22(11-13-23)21-8-6-5-7-9-21/h5-15,19,24-26,28,34,37-39H,16-17H2,1-4H3/t19-,24+,25-,26-,28-,31-,32-,33-/m1/s1. The fourth-order valence-corrected chi connectivity index (χ4v) is 8.22. The zero-order valence-corrected chi connectivity index (χ0v) is 23.2. The molecule has 210 valence electrons. The maximum Gasteiger partial charge on any atom is 0.338 e. The Balaban J connectivity index is 1.38. The van der Waals surface area contributed by atoms with Crippen LogP contribution in [0.15, 0.2) is 77.9 Å². The van der Waals surface area contributed by atoms with Crippen molar-refractivity contribution in [2.24, 2.45) is 29.1 Å². The maximum absolute atomic E-state index is 13.5. The van der Waals surface area contributed by atoms with Gasteiger partial charge in [0.05, 0.1) is 17.8 Å². The van der Waals surface area contributed by atoms with Crippen molar-refractivity contribution in [3.8, 4) is 11.1 Å². The zero-order valence-electron chi connectivity index (χ0n) is 23.2. The molecule has 0 aromatic heterocycles. The third-order valence-electron chi connectivity index (χ3n) is 10.5. The second kappa shape index (κ2) is 8.70. The summed E-state index contributed by atoms with van der Waals surface area (Å²) in [4.78, 5) is 26.7. The highest BCUT2D eigenvalue weighted by atomic mass is 16.6. The van der Waals surface area contributed by atoms with Crippen molar-refractivity contribution in [1.82, 2.24) is 0 Å². The van der Waals surface area contributed by atoms with E-state index < -0.39 is 63.7 Å². The van der Waals surface area contributed by atoms with Gasteiger partial charge in [0.2, 0.25) is 0 Å². The van der Waals surface area contributed by atoms with Crippen molar-refractivity contribution < 1.29 is 34.8 Å². The van der Waals surface area contributed by atoms with Crippen LogP contribution in [0.25, 0.3) is 11.1 Å². The summed E-state index contributed by atoms with van der Waals surface area (Å²) in [6.07, 6.45) is 2.12. The van der Waals surface area contributed by atoms with Gasteiger partial charge >= 0.3 is 5.97 Å². The number of carbonyl (C=O) groups is 2. The zero-order chi connectivity index (χ0) is 28.8. The van der Waals surface area contributed by atoms with Crippen molar-refractivity contribution >= 4 is 11.8 Å². The summed E-state index contributed by atoms with van der Waals surface area (Å²) in [7, 11) is 0. The Labute approximate surface area is 233 Å². The summed E-state index contributed by atoms with van der Waals surface area (Å²) in [6.45, 7) is 6.67. The Hall–Kier alpha value is -3.10. The minimum absolute atomic E-state index is 0.115. The summed E-state index contributed by atoms with van der Waals surface area (Å²) >= 11 is 0. The van der Waals surface area contributed by atoms with E-state index in [9.17, 15) is 30.0 Å². The van der Waals surface area contributed by atoms with Gasteiger partial charge in [-0.3, -0.25) is 4.79 Å². The molecule has 0 bridgehead atoms. The monoisotopic (exact) mass is 544 g/mol. The van der Waals surface area contributed by atoms with E-state index in [2.05, 4.69) is 0 Å². The molecule has 7 heteroatoms. The average molecular weight is 545 g/mol. The molecule has 0 aliphatic heterocycles. The summed E-state index contributed by atoms with van der Waals surface area (Å²) in [5.41, 5.74) is -2.82. The summed E-state index contributed by atoms with van der Waals surface area (Å²) in [5, 5.41) is 46.5. The third-order valence-corrected chi connectivity index (χ3v) is 10.5. The van der Waals surface area contributed by atoms with Gasteiger partial charge in [0, 0.05) is 35.5 Å². The van der Waals surface area contributed by atoms with Crippen LogP contribution in [0.1, 0.15) is 44.5 Å². The van der Waals surface area contributed by atoms with Gasteiger partial charge in [-0.1, -0.05) is 75.4 Å². The number of aliphatic hydroxyl groups is 4. The van der Waals surface area contributed by atoms with Crippen molar-refractivity contribution in [2.75, 3.05) is 6.61 Å². The van der Waals surface area contributed by atoms with E-state index in [-0.39, 0.29) is 13.0 Å². The predicted molar refractivity (Wildman–Crippen MR) is 148 cm³/mol. The largest absolute Gasteiger partial charge is 0.455 e. The van der Waals surface area contributed by atoms with E-state index in [0.717, 1.165) is 11.1 Å². The van der Waals surface area contributed by atoms with Gasteiger partial charge in [-0.2, -0.15) is 0 Å². The molecule has 0 saturated heterocycles. The summed E-state index contributed by atoms with van der Waals surface area (Å²) in [6, 6.07) is 16.8. The quantitative estimate of drug-likeness (QED) is 0.343. The molecule has 2 aromatic rings. The number of esters is 1. The topological polar surface area (TPSA) is 124 Å². The Morgan fingerprint density at radius 2 is 1.60 bits per heavy atom. The molecule has 0 spiro atoms. The second-order valence-electron chi connectivity index (χ2n) is 12.7. The highest BCUT2D eigenvalue weighted by Gasteiger charge is 2.85. The van der Waals surface area contributed by atoms with E-state index in [0.29, 0.717) is 16.7 Å². The van der Waals surface area contributed by atoms with E-state index in [1.165, 1.54) is 0 Å². The Morgan fingerprint density at radius 1 is 0.975 bits per heavy atom. The first-order chi connectivity index (χ1) is 18.8. The Kier molecular flexibility index (Phi) is 5.89. The van der Waals surface area contributed by atoms with Crippen LogP contribution in [0.2, 0.25) is 0 Å². The lowest BCUT2D eigenvalue weighted by atomic mass is 9.59. The van der Waals surface area contributed by atoms with Crippen molar-refractivity contribution in [3.63, 3.8) is 0 Å². The lowest BCUT2D eigenvalue weighted by Gasteiger charge is -2.52. The number of Topliss-reactive ketones (excluding diaryl/α,β-unsaturated/α-hetero) is 1. The Bertz CT molecular complexity index is 1440. The molecule has 4 aliphatic carbocycles. The fraction of sp³-hybridized carbons (Fsp3) is 0.455. The average Bonchev–Trinajstić information content (AvgIpc) is 3.34. The van der Waals surface area contributed by atoms with Gasteiger partial charge < -0.3 is 25.2 Å². The minimum atomic E-state index is -1.94. The van der Waals surface area contributed by atoms with Crippen LogP contribution in [0.3, 0.4) is 0 Å². The van der Waals surface area contributed by atoms with Gasteiger partial charge in [-0.25, -0.2) is 4.79 Å². The molecule has 6 rings (SSSR count). The van der Waals surface area contributed by atoms with E-state index in [1.54, 1.807) is 38.1 Å². The minimum Gasteiger partial charge on any atom is -0.455 e. The SMILES string of the molecule is CC1=C[C@H]2[C@@]3(O)[C@H](C)[C@@H](OC(=O)c4ccc(-c5ccccc5)cc4)[C@]4(O)[C@H]([C@@H]3C=C(CO)C[C@]2(O)C1=O)C4(C)C. The number of hydrogen-bond donors (Lipinski definition) is 4. The molecule has 0 heterocycles. The third kappa shape index (κ3) is 3.38. The molecule has 2 fully saturated rings. The highest BCUT2D eigenvalue weighted by molar-refractivity contribution is 6.04. The van der Waals surface area contributed by atoms with Gasteiger partial charge in [-0.15, -0.1) is 0 Å². The van der Waals surface area contributed by atoms with Gasteiger partial charge in [0.25, 0.3) is 0 Å². The predicted octanol–water partition coefficient (Wildman–Crippen LogP) is 3.46. The van der Waals surface area contributed by atoms with Crippen LogP contribution in [0, 0.1) is 29.1 Å². The van der Waals surface area contributed by atoms with E-state index in [4.69, 9.17) is 4.74 Å². The smallest absolute Gasteiger partial charge is 0.338 e. The first kappa shape index (κ1) is 27.1. The van der Waals surface area contributed by atoms with Crippen molar-refractivity contribution in [2.45, 2.75) is 57.0 Å². The number of ketones is 1. The number of carbonyl (C=O) groups excluding carboxylic acids is 2. The van der Waals surface area contributed by atoms with Gasteiger partial charge in [0.1, 0.15) is 17.3 Å². The molecular weight excluding hydrogens is 508 g/mol. The van der Waals surface area contributed by atoms with Crippen LogP contribution >= 0.6 is 0 Å². The number of hydrogen-bond acceptors (Lipinski definition) is 7. The van der Waals surface area contributed by atoms with Crippen LogP contribution < -0.4 is 0 Å². The van der Waals surface area contributed by atoms with Crippen molar-refractivity contribution in [1.29, 1.82) is 0 Å². The molecular formula is C33H36O7. The maximum atomic E-state index is 13.5. The van der Waals surface area contributed by atoms with Crippen LogP contribution in [0.4, 0.5) is 0 Å². The van der Waals surface area contributed by atoms with E-state index >= 15 is 0 Å². The lowest BCUT2D eigenvalue weighted by Crippen LogP contribution is -2.65. The first-order valence-corrected chi connectivity index (χ1v) is 13.9. The molecule has 0 unspecified atom stereocenters. The van der Waals surface area contributed by atoms with Crippen LogP contribution in [0.5, 0.6) is 0 Å². The number of ether oxygens (including phenoxy) is 1. The molecule has 4 N–H and O–H groups in total. The Morgan fingerprint density at radius 3 is 2.23 bits per heavy atom. The number of rotatable bonds is 4. The number of aliphatic hydroxyl groups excluding tert-OH is 1. The molecule has 7 nitrogen and oxygen atoms in total.